The molecule has 2 rings (SSSR count). The third-order valence-corrected chi connectivity index (χ3v) is 1.77. The lowest BCUT2D eigenvalue weighted by Crippen LogP contribution is -2.23. The van der Waals surface area contributed by atoms with E-state index >= 15 is 0 Å². The Bertz CT molecular complexity index is 584. The van der Waals surface area contributed by atoms with Gasteiger partial charge in [0.15, 0.2) is 11.5 Å². The zero-order chi connectivity index (χ0) is 17.0. The van der Waals surface area contributed by atoms with E-state index in [2.05, 4.69) is 0 Å². The van der Waals surface area contributed by atoms with Crippen LogP contribution in [-0.4, -0.2) is 19.7 Å². The fraction of sp³-hybridized carbons (Fsp3) is 0.455. The molecule has 0 aliphatic carbocycles. The molecule has 0 fully saturated rings. The highest BCUT2D eigenvalue weighted by atomic mass is 16.7. The molecule has 3 nitrogen and oxygen atoms in total. The molecule has 0 aromatic heterocycles. The summed E-state index contributed by atoms with van der Waals surface area (Å²) < 4.78 is 70.1. The largest absolute Gasteiger partial charge is 0.454 e. The molecule has 0 radical (unpaired) electrons. The monoisotopic (exact) mass is 201 g/mol. The fourth-order valence-corrected chi connectivity index (χ4v) is 1.11. The van der Waals surface area contributed by atoms with Gasteiger partial charge in [-0.15, -0.1) is 0 Å². The first kappa shape index (κ1) is 3.74. The second-order valence-electron chi connectivity index (χ2n) is 2.82. The van der Waals surface area contributed by atoms with E-state index < -0.39 is 26.1 Å². The van der Waals surface area contributed by atoms with Crippen molar-refractivity contribution in [1.82, 2.24) is 5.32 Å². The summed E-state index contributed by atoms with van der Waals surface area (Å²) in [4.78, 5) is 0. The van der Waals surface area contributed by atoms with Gasteiger partial charge in [0.1, 0.15) is 2.74 Å². The van der Waals surface area contributed by atoms with E-state index in [1.807, 2.05) is 5.32 Å². The van der Waals surface area contributed by atoms with Gasteiger partial charge in [0.05, 0.1) is 0 Å². The first-order valence-corrected chi connectivity index (χ1v) is 4.05. The van der Waals surface area contributed by atoms with Gasteiger partial charge in [-0.3, -0.25) is 0 Å². The van der Waals surface area contributed by atoms with E-state index in [1.165, 1.54) is 18.2 Å². The lowest BCUT2D eigenvalue weighted by molar-refractivity contribution is 0.174. The number of nitrogens with one attached hydrogen (secondary N) is 1. The molecule has 1 aliphatic heterocycles. The van der Waals surface area contributed by atoms with Crippen LogP contribution in [0.2, 0.25) is 0 Å². The molecule has 1 aromatic carbocycles. The Morgan fingerprint density at radius 1 is 1.71 bits per heavy atom. The Labute approximate surface area is 95.3 Å². The van der Waals surface area contributed by atoms with Crippen LogP contribution in [-0.2, 0) is 6.37 Å². The molecule has 0 spiro atoms. The molecule has 0 saturated carbocycles. The molecule has 1 N–H and O–H groups in total. The van der Waals surface area contributed by atoms with Gasteiger partial charge in [0.25, 0.3) is 0 Å². The van der Waals surface area contributed by atoms with Crippen molar-refractivity contribution in [3.05, 3.63) is 23.8 Å². The van der Waals surface area contributed by atoms with Crippen LogP contribution in [0.4, 0.5) is 0 Å². The summed E-state index contributed by atoms with van der Waals surface area (Å²) in [6.07, 6.45) is -2.38. The lowest BCUT2D eigenvalue weighted by atomic mass is 10.1. The molecular weight excluding hydrogens is 178 g/mol. The van der Waals surface area contributed by atoms with Crippen molar-refractivity contribution in [3.8, 4) is 11.5 Å². The highest BCUT2D eigenvalue weighted by molar-refractivity contribution is 5.44. The minimum absolute atomic E-state index is 0.00365. The van der Waals surface area contributed by atoms with Gasteiger partial charge in [0.2, 0.25) is 6.75 Å². The van der Waals surface area contributed by atoms with E-state index in [1.54, 1.807) is 0 Å². The average molecular weight is 201 g/mol. The maximum atomic E-state index is 8.09. The van der Waals surface area contributed by atoms with Gasteiger partial charge in [-0.2, -0.15) is 0 Å². The molecular formula is C11H15NO2. The van der Waals surface area contributed by atoms with Crippen molar-refractivity contribution in [2.75, 3.05) is 13.7 Å². The SMILES string of the molecule is [2H]C([2H])([2H])NC([2H])(C)C([2H])([2H])c1ccc2c(c1)OC([2H])([2H])O2. The predicted molar refractivity (Wildman–Crippen MR) is 54.8 cm³/mol. The molecule has 14 heavy (non-hydrogen) atoms. The van der Waals surface area contributed by atoms with Gasteiger partial charge < -0.3 is 14.8 Å². The Balaban J connectivity index is 2.35. The molecule has 1 atom stereocenters. The Hall–Kier alpha value is -1.22. The van der Waals surface area contributed by atoms with Crippen LogP contribution < -0.4 is 14.8 Å². The van der Waals surface area contributed by atoms with Crippen molar-refractivity contribution in [2.24, 2.45) is 0 Å². The number of hydrogen-bond donors (Lipinski definition) is 1. The number of fused-ring (bicyclic) bond motifs is 1. The van der Waals surface area contributed by atoms with Crippen molar-refractivity contribution in [1.29, 1.82) is 0 Å². The molecule has 3 heteroatoms. The zero-order valence-corrected chi connectivity index (χ0v) is 7.55. The van der Waals surface area contributed by atoms with Crippen LogP contribution in [0.5, 0.6) is 11.5 Å². The Morgan fingerprint density at radius 2 is 2.57 bits per heavy atom. The summed E-state index contributed by atoms with van der Waals surface area (Å²) in [5.74, 6) is 0.107. The van der Waals surface area contributed by atoms with Gasteiger partial charge >= 0.3 is 0 Å². The summed E-state index contributed by atoms with van der Waals surface area (Å²) in [5, 5.41) is 1.96. The van der Waals surface area contributed by atoms with Crippen LogP contribution in [0.25, 0.3) is 0 Å². The third kappa shape index (κ3) is 1.82. The normalized spacial score (nSPS) is 31.8. The highest BCUT2D eigenvalue weighted by Gasteiger charge is 2.13. The van der Waals surface area contributed by atoms with Crippen LogP contribution in [0.1, 0.15) is 23.5 Å². The van der Waals surface area contributed by atoms with Crippen molar-refractivity contribution < 1.29 is 20.4 Å². The molecule has 0 bridgehead atoms. The maximum Gasteiger partial charge on any atom is 0.231 e. The summed E-state index contributed by atoms with van der Waals surface area (Å²) in [7, 11) is 0. The van der Waals surface area contributed by atoms with Crippen LogP contribution >= 0.6 is 0 Å². The number of rotatable bonds is 3. The summed E-state index contributed by atoms with van der Waals surface area (Å²) in [5.41, 5.74) is -0.0261. The number of hydrogen-bond acceptors (Lipinski definition) is 3. The van der Waals surface area contributed by atoms with Crippen molar-refractivity contribution in [2.45, 2.75) is 19.3 Å². The second-order valence-corrected chi connectivity index (χ2v) is 2.82. The molecule has 1 aromatic rings. The minimum Gasteiger partial charge on any atom is -0.454 e. The van der Waals surface area contributed by atoms with Crippen molar-refractivity contribution in [3.63, 3.8) is 0 Å². The molecule has 1 unspecified atom stereocenters. The van der Waals surface area contributed by atoms with Gasteiger partial charge in [0, 0.05) is 14.2 Å². The molecule has 0 saturated heterocycles. The average Bonchev–Trinajstić information content (AvgIpc) is 2.57. The van der Waals surface area contributed by atoms with E-state index in [9.17, 15) is 0 Å². The van der Waals surface area contributed by atoms with E-state index in [4.69, 9.17) is 20.4 Å². The smallest absolute Gasteiger partial charge is 0.231 e. The standard InChI is InChI=1S/C11H15NO2/c1-8(12-2)5-9-3-4-10-11(6-9)14-7-13-10/h3-4,6,8,12H,5,7H2,1-2H3/i2D3,5D2,7D2,8D. The van der Waals surface area contributed by atoms with Crippen LogP contribution in [0.3, 0.4) is 0 Å². The molecule has 0 amide bonds. The fourth-order valence-electron chi connectivity index (χ4n) is 1.11. The Kier molecular flexibility index (Phi) is 1.04. The lowest BCUT2D eigenvalue weighted by Gasteiger charge is -2.09. The van der Waals surface area contributed by atoms with Gasteiger partial charge in [-0.25, -0.2) is 0 Å². The molecule has 1 aliphatic rings. The number of ether oxygens (including phenoxy) is 2. The van der Waals surface area contributed by atoms with Crippen LogP contribution in [0, 0.1) is 0 Å². The predicted octanol–water partition coefficient (Wildman–Crippen LogP) is 1.57. The number of benzene rings is 1. The minimum atomic E-state index is -2.68. The molecule has 1 heterocycles. The topological polar surface area (TPSA) is 30.5 Å². The van der Waals surface area contributed by atoms with E-state index in [-0.39, 0.29) is 17.1 Å². The van der Waals surface area contributed by atoms with Crippen LogP contribution in [0.15, 0.2) is 18.2 Å². The molecule has 76 valence electrons. The third-order valence-electron chi connectivity index (χ3n) is 1.77. The second kappa shape index (κ2) is 3.88. The summed E-state index contributed by atoms with van der Waals surface area (Å²) in [6.45, 7) is -3.91. The summed E-state index contributed by atoms with van der Waals surface area (Å²) >= 11 is 0. The first-order chi connectivity index (χ1) is 9.74. The summed E-state index contributed by atoms with van der Waals surface area (Å²) in [6, 6.07) is 1.68. The van der Waals surface area contributed by atoms with Crippen molar-refractivity contribution >= 4 is 0 Å². The van der Waals surface area contributed by atoms with E-state index in [0.29, 0.717) is 0 Å². The number of likely N-dealkylation sites (N-methyl/N-ethyl adjacent to an activating group) is 1. The van der Waals surface area contributed by atoms with Gasteiger partial charge in [-0.1, -0.05) is 6.07 Å². The quantitative estimate of drug-likeness (QED) is 0.805. The Morgan fingerprint density at radius 3 is 3.43 bits per heavy atom. The maximum absolute atomic E-state index is 8.09. The van der Waals surface area contributed by atoms with Gasteiger partial charge in [-0.05, 0) is 38.0 Å². The zero-order valence-electron chi connectivity index (χ0n) is 15.5. The highest BCUT2D eigenvalue weighted by Crippen LogP contribution is 2.32. The first-order valence-electron chi connectivity index (χ1n) is 8.05. The van der Waals surface area contributed by atoms with E-state index in [0.717, 1.165) is 6.92 Å².